The van der Waals surface area contributed by atoms with E-state index in [0.29, 0.717) is 0 Å². The Hall–Kier alpha value is -6.48. The van der Waals surface area contributed by atoms with Crippen molar-refractivity contribution in [3.05, 3.63) is 233 Å². The number of aromatic nitrogens is 1. The summed E-state index contributed by atoms with van der Waals surface area (Å²) in [4.78, 5) is 0. The Labute approximate surface area is 328 Å². The van der Waals surface area contributed by atoms with Gasteiger partial charge in [-0.1, -0.05) is 192 Å². The molecule has 9 aromatic carbocycles. The molecule has 0 atom stereocenters. The van der Waals surface area contributed by atoms with Crippen molar-refractivity contribution in [2.24, 2.45) is 0 Å². The van der Waals surface area contributed by atoms with Crippen molar-refractivity contribution < 1.29 is 0 Å². The maximum atomic E-state index is 3.63. The first-order valence-corrected chi connectivity index (χ1v) is 19.7. The summed E-state index contributed by atoms with van der Waals surface area (Å²) in [5.41, 5.74) is 15.7. The molecule has 55 heavy (non-hydrogen) atoms. The summed E-state index contributed by atoms with van der Waals surface area (Å²) in [5.74, 6) is 0. The summed E-state index contributed by atoms with van der Waals surface area (Å²) < 4.78 is 3.60. The Morgan fingerprint density at radius 3 is 1.71 bits per heavy atom. The van der Waals surface area contributed by atoms with Gasteiger partial charge in [0.1, 0.15) is 0 Å². The molecule has 0 N–H and O–H groups in total. The molecule has 11 rings (SSSR count). The van der Waals surface area contributed by atoms with Crippen LogP contribution < -0.4 is 0 Å². The third kappa shape index (κ3) is 4.78. The van der Waals surface area contributed by atoms with Gasteiger partial charge in [0.25, 0.3) is 0 Å². The summed E-state index contributed by atoms with van der Waals surface area (Å²) in [5, 5.41) is 4.98. The van der Waals surface area contributed by atoms with Crippen LogP contribution in [0.3, 0.4) is 0 Å². The topological polar surface area (TPSA) is 4.93 Å². The van der Waals surface area contributed by atoms with Gasteiger partial charge in [-0.05, 0) is 91.4 Å². The van der Waals surface area contributed by atoms with Crippen LogP contribution in [0.15, 0.2) is 211 Å². The van der Waals surface area contributed by atoms with E-state index in [-0.39, 0.29) is 0 Å². The molecular formula is C53H34BrN. The van der Waals surface area contributed by atoms with Gasteiger partial charge in [0.15, 0.2) is 0 Å². The summed E-state index contributed by atoms with van der Waals surface area (Å²) in [6, 6.07) is 76.1. The van der Waals surface area contributed by atoms with Gasteiger partial charge in [-0.15, -0.1) is 0 Å². The zero-order valence-electron chi connectivity index (χ0n) is 30.0. The van der Waals surface area contributed by atoms with Crippen LogP contribution in [0, 0.1) is 0 Å². The standard InChI is InChI=1S/C53H34BrN/c54-40-27-23-36(24-28-40)42-18-9-10-19-43(42)37-26-30-46-47-31-25-35-13-7-8-20-44(35)52(47)55(51(46)33-37)41-29-32-50-48(34-41)45-21-11-12-22-49(45)53(50,38-14-3-1-4-15-38)39-16-5-2-6-17-39/h1-34H. The molecule has 0 unspecified atom stereocenters. The second-order valence-corrected chi connectivity index (χ2v) is 15.5. The molecular weight excluding hydrogens is 730 g/mol. The molecule has 1 heterocycles. The third-order valence-electron chi connectivity index (χ3n) is 11.7. The average molecular weight is 765 g/mol. The van der Waals surface area contributed by atoms with Crippen molar-refractivity contribution in [1.29, 1.82) is 0 Å². The Kier molecular flexibility index (Phi) is 7.30. The lowest BCUT2D eigenvalue weighted by atomic mass is 9.68. The molecule has 1 aromatic heterocycles. The van der Waals surface area contributed by atoms with E-state index in [4.69, 9.17) is 0 Å². The lowest BCUT2D eigenvalue weighted by Crippen LogP contribution is -2.28. The molecule has 0 bridgehead atoms. The summed E-state index contributed by atoms with van der Waals surface area (Å²) in [7, 11) is 0. The molecule has 0 radical (unpaired) electrons. The van der Waals surface area contributed by atoms with Gasteiger partial charge in [-0.3, -0.25) is 0 Å². The largest absolute Gasteiger partial charge is 0.309 e. The Morgan fingerprint density at radius 1 is 0.382 bits per heavy atom. The first kappa shape index (κ1) is 32.0. The lowest BCUT2D eigenvalue weighted by molar-refractivity contribution is 0.768. The van der Waals surface area contributed by atoms with Crippen molar-refractivity contribution >= 4 is 48.5 Å². The normalized spacial score (nSPS) is 13.0. The van der Waals surface area contributed by atoms with Crippen LogP contribution in [-0.2, 0) is 5.41 Å². The first-order valence-electron chi connectivity index (χ1n) is 18.9. The van der Waals surface area contributed by atoms with E-state index in [0.717, 1.165) is 10.2 Å². The van der Waals surface area contributed by atoms with E-state index in [2.05, 4.69) is 227 Å². The molecule has 0 saturated heterocycles. The number of halogens is 1. The zero-order chi connectivity index (χ0) is 36.5. The van der Waals surface area contributed by atoms with Gasteiger partial charge in [-0.2, -0.15) is 0 Å². The number of fused-ring (bicyclic) bond motifs is 8. The molecule has 2 heteroatoms. The van der Waals surface area contributed by atoms with Crippen LogP contribution in [-0.4, -0.2) is 4.57 Å². The Morgan fingerprint density at radius 2 is 0.964 bits per heavy atom. The van der Waals surface area contributed by atoms with Crippen molar-refractivity contribution in [1.82, 2.24) is 4.57 Å². The van der Waals surface area contributed by atoms with Crippen LogP contribution >= 0.6 is 15.9 Å². The highest BCUT2D eigenvalue weighted by Crippen LogP contribution is 2.56. The molecule has 0 aliphatic heterocycles. The van der Waals surface area contributed by atoms with E-state index >= 15 is 0 Å². The number of rotatable bonds is 5. The number of benzene rings is 9. The third-order valence-corrected chi connectivity index (χ3v) is 12.3. The smallest absolute Gasteiger partial charge is 0.0713 e. The highest BCUT2D eigenvalue weighted by atomic mass is 79.9. The average Bonchev–Trinajstić information content (AvgIpc) is 3.75. The minimum absolute atomic E-state index is 0.440. The lowest BCUT2D eigenvalue weighted by Gasteiger charge is -2.33. The molecule has 1 aliphatic carbocycles. The van der Waals surface area contributed by atoms with E-state index in [1.165, 1.54) is 88.2 Å². The van der Waals surface area contributed by atoms with Crippen molar-refractivity contribution in [3.63, 3.8) is 0 Å². The predicted octanol–water partition coefficient (Wildman–Crippen LogP) is 14.4. The molecule has 10 aromatic rings. The fraction of sp³-hybridized carbons (Fsp3) is 0.0189. The highest BCUT2D eigenvalue weighted by molar-refractivity contribution is 9.10. The monoisotopic (exact) mass is 763 g/mol. The Bertz CT molecular complexity index is 3040. The van der Waals surface area contributed by atoms with Gasteiger partial charge in [0.05, 0.1) is 16.4 Å². The van der Waals surface area contributed by atoms with Gasteiger partial charge in [0.2, 0.25) is 0 Å². The maximum absolute atomic E-state index is 3.63. The van der Waals surface area contributed by atoms with Crippen LogP contribution in [0.2, 0.25) is 0 Å². The minimum Gasteiger partial charge on any atom is -0.309 e. The van der Waals surface area contributed by atoms with Crippen LogP contribution in [0.1, 0.15) is 22.3 Å². The van der Waals surface area contributed by atoms with Gasteiger partial charge >= 0.3 is 0 Å². The van der Waals surface area contributed by atoms with Crippen LogP contribution in [0.5, 0.6) is 0 Å². The minimum atomic E-state index is -0.440. The number of hydrogen-bond donors (Lipinski definition) is 0. The fourth-order valence-electron chi connectivity index (χ4n) is 9.41. The number of nitrogens with zero attached hydrogens (tertiary/aromatic N) is 1. The summed E-state index contributed by atoms with van der Waals surface area (Å²) >= 11 is 3.63. The van der Waals surface area contributed by atoms with E-state index in [9.17, 15) is 0 Å². The fourth-order valence-corrected chi connectivity index (χ4v) is 9.67. The van der Waals surface area contributed by atoms with Crippen molar-refractivity contribution in [3.8, 4) is 39.1 Å². The molecule has 1 aliphatic rings. The van der Waals surface area contributed by atoms with E-state index in [1.807, 2.05) is 0 Å². The molecule has 1 nitrogen and oxygen atoms in total. The first-order chi connectivity index (χ1) is 27.2. The second-order valence-electron chi connectivity index (χ2n) is 14.6. The SMILES string of the molecule is Brc1ccc(-c2ccccc2-c2ccc3c4ccc5ccccc5c4n(-c4ccc5c(c4)-c4ccccc4C5(c4ccccc4)c4ccccc4)c3c2)cc1. The maximum Gasteiger partial charge on any atom is 0.0713 e. The highest BCUT2D eigenvalue weighted by Gasteiger charge is 2.46. The van der Waals surface area contributed by atoms with Gasteiger partial charge in [-0.25, -0.2) is 0 Å². The summed E-state index contributed by atoms with van der Waals surface area (Å²) in [6.07, 6.45) is 0. The Balaban J connectivity index is 1.21. The molecule has 258 valence electrons. The zero-order valence-corrected chi connectivity index (χ0v) is 31.5. The van der Waals surface area contributed by atoms with E-state index in [1.54, 1.807) is 0 Å². The van der Waals surface area contributed by atoms with E-state index < -0.39 is 5.41 Å². The van der Waals surface area contributed by atoms with Crippen molar-refractivity contribution in [2.75, 3.05) is 0 Å². The molecule has 0 amide bonds. The van der Waals surface area contributed by atoms with Crippen molar-refractivity contribution in [2.45, 2.75) is 5.41 Å². The van der Waals surface area contributed by atoms with Crippen LogP contribution in [0.4, 0.5) is 0 Å². The molecule has 0 spiro atoms. The van der Waals surface area contributed by atoms with Gasteiger partial charge in [0, 0.05) is 26.3 Å². The molecule has 0 fully saturated rings. The quantitative estimate of drug-likeness (QED) is 0.164. The molecule has 0 saturated carbocycles. The summed E-state index contributed by atoms with van der Waals surface area (Å²) in [6.45, 7) is 0. The second kappa shape index (κ2) is 12.6. The predicted molar refractivity (Wildman–Crippen MR) is 234 cm³/mol. The number of hydrogen-bond acceptors (Lipinski definition) is 0. The van der Waals surface area contributed by atoms with Gasteiger partial charge < -0.3 is 4.57 Å². The van der Waals surface area contributed by atoms with Crippen LogP contribution in [0.25, 0.3) is 71.6 Å².